The van der Waals surface area contributed by atoms with Gasteiger partial charge in [-0.2, -0.15) is 0 Å². The maximum Gasteiger partial charge on any atom is 0.188 e. The highest BCUT2D eigenvalue weighted by Crippen LogP contribution is 2.21. The molecule has 1 aromatic rings. The van der Waals surface area contributed by atoms with Crippen LogP contribution in [0.25, 0.3) is 0 Å². The van der Waals surface area contributed by atoms with Crippen molar-refractivity contribution in [2.24, 2.45) is 0 Å². The summed E-state index contributed by atoms with van der Waals surface area (Å²) >= 11 is 0. The van der Waals surface area contributed by atoms with E-state index in [0.717, 1.165) is 0 Å². The summed E-state index contributed by atoms with van der Waals surface area (Å²) in [5.41, 5.74) is 6.63. The van der Waals surface area contributed by atoms with Gasteiger partial charge in [-0.3, -0.25) is 4.79 Å². The van der Waals surface area contributed by atoms with Gasteiger partial charge >= 0.3 is 0 Å². The number of ether oxygens (including phenoxy) is 2. The molecule has 0 bridgehead atoms. The number of carbonyl (C=O) groups is 1. The molecule has 0 aliphatic rings. The van der Waals surface area contributed by atoms with Crippen molar-refractivity contribution in [3.63, 3.8) is 0 Å². The highest BCUT2D eigenvalue weighted by Gasteiger charge is 2.07. The van der Waals surface area contributed by atoms with Gasteiger partial charge in [0.15, 0.2) is 5.78 Å². The van der Waals surface area contributed by atoms with Crippen LogP contribution in [0.1, 0.15) is 10.4 Å². The van der Waals surface area contributed by atoms with Crippen LogP contribution in [0.3, 0.4) is 0 Å². The van der Waals surface area contributed by atoms with Gasteiger partial charge in [-0.15, -0.1) is 0 Å². The highest BCUT2D eigenvalue weighted by atomic mass is 16.5. The third-order valence-corrected chi connectivity index (χ3v) is 1.83. The quantitative estimate of drug-likeness (QED) is 0.577. The number of carbonyl (C=O) groups excluding carboxylic acids is 1. The van der Waals surface area contributed by atoms with Gasteiger partial charge in [-0.1, -0.05) is 0 Å². The predicted octanol–water partition coefficient (Wildman–Crippen LogP) is 1.11. The first-order valence-corrected chi connectivity index (χ1v) is 4.14. The molecule has 0 heterocycles. The number of anilines is 1. The Bertz CT molecular complexity index is 336. The molecule has 2 N–H and O–H groups in total. The molecule has 0 saturated carbocycles. The van der Waals surface area contributed by atoms with Gasteiger partial charge in [-0.05, 0) is 18.2 Å². The van der Waals surface area contributed by atoms with Gasteiger partial charge in [0.2, 0.25) is 0 Å². The van der Waals surface area contributed by atoms with E-state index in [9.17, 15) is 4.79 Å². The fourth-order valence-corrected chi connectivity index (χ4v) is 1.12. The Morgan fingerprint density at radius 2 is 2.14 bits per heavy atom. The number of Topliss-reactive ketones (excluding diaryl/α,β-unsaturated/α-hetero) is 1. The molecular weight excluding hydrogens is 182 g/mol. The van der Waals surface area contributed by atoms with Crippen LogP contribution in [-0.4, -0.2) is 26.6 Å². The number of methoxy groups -OCH3 is 2. The monoisotopic (exact) mass is 195 g/mol. The minimum Gasteiger partial charge on any atom is -0.495 e. The van der Waals surface area contributed by atoms with Crippen LogP contribution in [0.15, 0.2) is 18.2 Å². The van der Waals surface area contributed by atoms with Gasteiger partial charge in [0.1, 0.15) is 12.4 Å². The van der Waals surface area contributed by atoms with Crippen molar-refractivity contribution >= 4 is 11.5 Å². The van der Waals surface area contributed by atoms with Crippen molar-refractivity contribution in [3.8, 4) is 5.75 Å². The Hall–Kier alpha value is -1.55. The topological polar surface area (TPSA) is 61.5 Å². The maximum atomic E-state index is 11.4. The summed E-state index contributed by atoms with van der Waals surface area (Å²) in [6.07, 6.45) is 0. The van der Waals surface area contributed by atoms with Crippen molar-refractivity contribution in [2.75, 3.05) is 26.6 Å². The summed E-state index contributed by atoms with van der Waals surface area (Å²) in [5.74, 6) is 0.473. The number of benzene rings is 1. The summed E-state index contributed by atoms with van der Waals surface area (Å²) in [6, 6.07) is 4.91. The highest BCUT2D eigenvalue weighted by molar-refractivity contribution is 5.98. The molecule has 1 rings (SSSR count). The Morgan fingerprint density at radius 1 is 1.43 bits per heavy atom. The molecule has 0 aromatic heterocycles. The molecule has 0 spiro atoms. The van der Waals surface area contributed by atoms with E-state index in [1.165, 1.54) is 14.2 Å². The summed E-state index contributed by atoms with van der Waals surface area (Å²) in [7, 11) is 3.01. The molecule has 0 atom stereocenters. The zero-order valence-electron chi connectivity index (χ0n) is 8.24. The van der Waals surface area contributed by atoms with E-state index in [2.05, 4.69) is 0 Å². The van der Waals surface area contributed by atoms with Crippen LogP contribution in [0, 0.1) is 0 Å². The Morgan fingerprint density at radius 3 is 2.64 bits per heavy atom. The lowest BCUT2D eigenvalue weighted by Crippen LogP contribution is -2.07. The Balaban J connectivity index is 2.91. The summed E-state index contributed by atoms with van der Waals surface area (Å²) in [5, 5.41) is 0. The Labute approximate surface area is 82.6 Å². The second kappa shape index (κ2) is 4.62. The van der Waals surface area contributed by atoms with Crippen molar-refractivity contribution in [2.45, 2.75) is 0 Å². The molecule has 4 heteroatoms. The van der Waals surface area contributed by atoms with Crippen LogP contribution >= 0.6 is 0 Å². The fraction of sp³-hybridized carbons (Fsp3) is 0.300. The summed E-state index contributed by atoms with van der Waals surface area (Å²) < 4.78 is 9.70. The van der Waals surface area contributed by atoms with Gasteiger partial charge in [-0.25, -0.2) is 0 Å². The molecule has 0 unspecified atom stereocenters. The maximum absolute atomic E-state index is 11.4. The average Bonchev–Trinajstić information content (AvgIpc) is 2.18. The van der Waals surface area contributed by atoms with Gasteiger partial charge in [0.05, 0.1) is 12.8 Å². The molecule has 0 radical (unpaired) electrons. The van der Waals surface area contributed by atoms with E-state index < -0.39 is 0 Å². The standard InChI is InChI=1S/C10H13NO3/c1-13-6-9(12)7-3-4-10(14-2)8(11)5-7/h3-5H,6,11H2,1-2H3. The zero-order valence-corrected chi connectivity index (χ0v) is 8.24. The minimum atomic E-state index is -0.0955. The second-order valence-electron chi connectivity index (χ2n) is 2.81. The number of nitrogen functional groups attached to an aromatic ring is 1. The van der Waals surface area contributed by atoms with Crippen LogP contribution < -0.4 is 10.5 Å². The molecule has 4 nitrogen and oxygen atoms in total. The van der Waals surface area contributed by atoms with Crippen LogP contribution in [0.2, 0.25) is 0 Å². The number of hydrogen-bond acceptors (Lipinski definition) is 4. The van der Waals surface area contributed by atoms with Crippen LogP contribution in [0.4, 0.5) is 5.69 Å². The second-order valence-corrected chi connectivity index (χ2v) is 2.81. The van der Waals surface area contributed by atoms with Crippen LogP contribution in [0.5, 0.6) is 5.75 Å². The average molecular weight is 195 g/mol. The third kappa shape index (κ3) is 2.23. The van der Waals surface area contributed by atoms with E-state index in [1.54, 1.807) is 18.2 Å². The van der Waals surface area contributed by atoms with Gasteiger partial charge in [0.25, 0.3) is 0 Å². The molecule has 1 aromatic carbocycles. The molecular formula is C10H13NO3. The lowest BCUT2D eigenvalue weighted by atomic mass is 10.1. The number of hydrogen-bond donors (Lipinski definition) is 1. The molecule has 14 heavy (non-hydrogen) atoms. The van der Waals surface area contributed by atoms with Crippen molar-refractivity contribution in [3.05, 3.63) is 23.8 Å². The van der Waals surface area contributed by atoms with Crippen LogP contribution in [-0.2, 0) is 4.74 Å². The lowest BCUT2D eigenvalue weighted by molar-refractivity contribution is 0.0848. The van der Waals surface area contributed by atoms with E-state index in [1.807, 2.05) is 0 Å². The van der Waals surface area contributed by atoms with Gasteiger partial charge < -0.3 is 15.2 Å². The van der Waals surface area contributed by atoms with E-state index in [4.69, 9.17) is 15.2 Å². The van der Waals surface area contributed by atoms with E-state index in [-0.39, 0.29) is 12.4 Å². The smallest absolute Gasteiger partial charge is 0.188 e. The first-order valence-electron chi connectivity index (χ1n) is 4.14. The van der Waals surface area contributed by atoms with Crippen molar-refractivity contribution in [1.29, 1.82) is 0 Å². The number of nitrogens with two attached hydrogens (primary N) is 1. The zero-order chi connectivity index (χ0) is 10.6. The van der Waals surface area contributed by atoms with Gasteiger partial charge in [0, 0.05) is 12.7 Å². The lowest BCUT2D eigenvalue weighted by Gasteiger charge is -2.05. The third-order valence-electron chi connectivity index (χ3n) is 1.83. The first-order chi connectivity index (χ1) is 6.69. The molecule has 0 amide bonds. The fourth-order valence-electron chi connectivity index (χ4n) is 1.12. The normalized spacial score (nSPS) is 9.86. The Kier molecular flexibility index (Phi) is 3.48. The molecule has 0 aliphatic heterocycles. The SMILES string of the molecule is COCC(=O)c1ccc(OC)c(N)c1. The molecule has 0 aliphatic carbocycles. The minimum absolute atomic E-state index is 0.0613. The summed E-state index contributed by atoms with van der Waals surface area (Å²) in [4.78, 5) is 11.4. The first kappa shape index (κ1) is 10.5. The molecule has 76 valence electrons. The molecule has 0 saturated heterocycles. The van der Waals surface area contributed by atoms with E-state index in [0.29, 0.717) is 17.0 Å². The summed E-state index contributed by atoms with van der Waals surface area (Å²) in [6.45, 7) is 0.0613. The predicted molar refractivity (Wildman–Crippen MR) is 53.6 cm³/mol. The van der Waals surface area contributed by atoms with E-state index >= 15 is 0 Å². The van der Waals surface area contributed by atoms with Crippen molar-refractivity contribution < 1.29 is 14.3 Å². The largest absolute Gasteiger partial charge is 0.495 e. The van der Waals surface area contributed by atoms with Crippen molar-refractivity contribution in [1.82, 2.24) is 0 Å². The number of rotatable bonds is 4. The molecule has 0 fully saturated rings. The number of ketones is 1.